The third-order valence-corrected chi connectivity index (χ3v) is 0.239. The van der Waals surface area contributed by atoms with Crippen LogP contribution in [0.25, 0.3) is 0 Å². The van der Waals surface area contributed by atoms with Gasteiger partial charge < -0.3 is 9.84 Å². The fraction of sp³-hybridized carbons (Fsp3) is 0.500. The molecular weight excluding hydrogens is 80.0 g/mol. The molecule has 0 rings (SSSR count). The molecule has 0 aromatic heterocycles. The summed E-state index contributed by atoms with van der Waals surface area (Å²) in [6.07, 6.45) is 2.20. The summed E-state index contributed by atoms with van der Waals surface area (Å²) in [5.41, 5.74) is 0. The fourth-order valence-corrected chi connectivity index (χ4v) is 0.104. The zero-order chi connectivity index (χ0) is 4.83. The Hall–Kier alpha value is -0.680. The molecule has 0 saturated heterocycles. The lowest BCUT2D eigenvalue weighted by Crippen LogP contribution is -1.80. The van der Waals surface area contributed by atoms with Gasteiger partial charge in [0.2, 0.25) is 0 Å². The van der Waals surface area contributed by atoms with E-state index >= 15 is 0 Å². The van der Waals surface area contributed by atoms with Crippen LogP contribution in [-0.4, -0.2) is 11.9 Å². The highest BCUT2D eigenvalue weighted by atomic mass is 16.6. The number of hydrogen-bond donors (Lipinski definition) is 1. The summed E-state index contributed by atoms with van der Waals surface area (Å²) in [4.78, 5) is 0. The molecule has 34 valence electrons. The molecule has 2 nitrogen and oxygen atoms in total. The first kappa shape index (κ1) is 5.32. The lowest BCUT2D eigenvalue weighted by molar-refractivity contribution is 0.0742. The van der Waals surface area contributed by atoms with Crippen LogP contribution in [0.4, 0.5) is 0 Å². The zero-order valence-corrected chi connectivity index (χ0v) is 3.56. The van der Waals surface area contributed by atoms with Crippen LogP contribution in [0.2, 0.25) is 0 Å². The highest BCUT2D eigenvalue weighted by Gasteiger charge is 1.59. The number of rotatable bonds is 1. The van der Waals surface area contributed by atoms with E-state index in [1.54, 1.807) is 6.92 Å². The molecule has 0 spiro atoms. The lowest BCUT2D eigenvalue weighted by Gasteiger charge is -1.80. The van der Waals surface area contributed by atoms with Crippen molar-refractivity contribution in [3.8, 4) is 12.0 Å². The number of hydrogen-bond acceptors (Lipinski definition) is 2. The summed E-state index contributed by atoms with van der Waals surface area (Å²) in [5, 5.41) is 7.87. The average molecular weight is 86.1 g/mol. The van der Waals surface area contributed by atoms with E-state index < -0.39 is 0 Å². The summed E-state index contributed by atoms with van der Waals surface area (Å²) in [7, 11) is 0. The Labute approximate surface area is 36.7 Å². The Morgan fingerprint density at radius 3 is 2.67 bits per heavy atom. The Morgan fingerprint density at radius 2 is 2.50 bits per heavy atom. The maximum atomic E-state index is 7.87. The van der Waals surface area contributed by atoms with E-state index in [2.05, 4.69) is 16.8 Å². The summed E-state index contributed by atoms with van der Waals surface area (Å²) in [6.45, 7) is 1.32. The molecule has 0 aromatic carbocycles. The van der Waals surface area contributed by atoms with Crippen molar-refractivity contribution in [3.05, 3.63) is 0 Å². The van der Waals surface area contributed by atoms with Gasteiger partial charge >= 0.3 is 0 Å². The van der Waals surface area contributed by atoms with Gasteiger partial charge in [0.1, 0.15) is 6.11 Å². The molecule has 0 unspecified atom stereocenters. The van der Waals surface area contributed by atoms with E-state index in [0.717, 1.165) is 0 Å². The van der Waals surface area contributed by atoms with Crippen molar-refractivity contribution in [2.45, 2.75) is 6.92 Å². The number of aliphatic hydroxyl groups is 1. The fourth-order valence-electron chi connectivity index (χ4n) is 0.104. The number of aliphatic hydroxyl groups excluding tert-OH is 1. The second kappa shape index (κ2) is 4.32. The second-order valence-electron chi connectivity index (χ2n) is 0.625. The molecule has 1 N–H and O–H groups in total. The van der Waals surface area contributed by atoms with Crippen LogP contribution in [0.1, 0.15) is 6.92 Å². The standard InChI is InChI=1S/C4H6O2/c1-2-3-6-4-5/h5H,4H2,1H3. The van der Waals surface area contributed by atoms with Crippen LogP contribution in [0.5, 0.6) is 0 Å². The summed E-state index contributed by atoms with van der Waals surface area (Å²) in [6, 6.07) is 0. The van der Waals surface area contributed by atoms with Crippen molar-refractivity contribution < 1.29 is 9.84 Å². The first-order chi connectivity index (χ1) is 2.91. The molecule has 0 radical (unpaired) electrons. The predicted octanol–water partition coefficient (Wildman–Crippen LogP) is -0.0664. The molecule has 0 aliphatic carbocycles. The first-order valence-electron chi connectivity index (χ1n) is 1.56. The van der Waals surface area contributed by atoms with Gasteiger partial charge in [0.15, 0.2) is 6.79 Å². The molecule has 0 heterocycles. The van der Waals surface area contributed by atoms with Crippen LogP contribution in [0.15, 0.2) is 0 Å². The van der Waals surface area contributed by atoms with E-state index in [1.807, 2.05) is 0 Å². The third kappa shape index (κ3) is 3.32. The van der Waals surface area contributed by atoms with Gasteiger partial charge in [0.25, 0.3) is 0 Å². The predicted molar refractivity (Wildman–Crippen MR) is 21.6 cm³/mol. The summed E-state index contributed by atoms with van der Waals surface area (Å²) in [5.74, 6) is 2.44. The van der Waals surface area contributed by atoms with Gasteiger partial charge in [-0.05, 0) is 0 Å². The first-order valence-corrected chi connectivity index (χ1v) is 1.56. The molecule has 2 heteroatoms. The third-order valence-electron chi connectivity index (χ3n) is 0.239. The largest absolute Gasteiger partial charge is 0.418 e. The van der Waals surface area contributed by atoms with Crippen LogP contribution in [-0.2, 0) is 4.74 Å². The van der Waals surface area contributed by atoms with Crippen LogP contribution in [0, 0.1) is 12.0 Å². The van der Waals surface area contributed by atoms with Gasteiger partial charge in [-0.3, -0.25) is 0 Å². The van der Waals surface area contributed by atoms with Gasteiger partial charge in [-0.1, -0.05) is 5.92 Å². The molecule has 0 fully saturated rings. The maximum absolute atomic E-state index is 7.87. The van der Waals surface area contributed by atoms with Gasteiger partial charge in [-0.25, -0.2) is 0 Å². The SMILES string of the molecule is CC#COCO. The van der Waals surface area contributed by atoms with Crippen molar-refractivity contribution in [3.63, 3.8) is 0 Å². The van der Waals surface area contributed by atoms with Crippen molar-refractivity contribution in [2.24, 2.45) is 0 Å². The molecule has 0 aromatic rings. The van der Waals surface area contributed by atoms with Crippen molar-refractivity contribution in [1.82, 2.24) is 0 Å². The quantitative estimate of drug-likeness (QED) is 0.357. The second-order valence-corrected chi connectivity index (χ2v) is 0.625. The maximum Gasteiger partial charge on any atom is 0.197 e. The van der Waals surface area contributed by atoms with Crippen molar-refractivity contribution in [2.75, 3.05) is 6.79 Å². The van der Waals surface area contributed by atoms with E-state index in [4.69, 9.17) is 5.11 Å². The summed E-state index contributed by atoms with van der Waals surface area (Å²) < 4.78 is 4.18. The Morgan fingerprint density at radius 1 is 1.83 bits per heavy atom. The van der Waals surface area contributed by atoms with Gasteiger partial charge in [0.05, 0.1) is 0 Å². The van der Waals surface area contributed by atoms with Crippen LogP contribution >= 0.6 is 0 Å². The highest BCUT2D eigenvalue weighted by molar-refractivity contribution is 4.84. The van der Waals surface area contributed by atoms with Gasteiger partial charge in [0, 0.05) is 6.92 Å². The molecule has 0 aliphatic rings. The highest BCUT2D eigenvalue weighted by Crippen LogP contribution is 1.58. The molecule has 0 atom stereocenters. The van der Waals surface area contributed by atoms with Crippen LogP contribution < -0.4 is 0 Å². The van der Waals surface area contributed by atoms with Crippen molar-refractivity contribution in [1.29, 1.82) is 0 Å². The number of ether oxygens (including phenoxy) is 1. The average Bonchev–Trinajstić information content (AvgIpc) is 1.61. The lowest BCUT2D eigenvalue weighted by atomic mass is 10.8. The molecule has 6 heavy (non-hydrogen) atoms. The van der Waals surface area contributed by atoms with Gasteiger partial charge in [-0.2, -0.15) is 0 Å². The van der Waals surface area contributed by atoms with Crippen LogP contribution in [0.3, 0.4) is 0 Å². The minimum Gasteiger partial charge on any atom is -0.418 e. The van der Waals surface area contributed by atoms with E-state index in [0.29, 0.717) is 0 Å². The van der Waals surface area contributed by atoms with Crippen molar-refractivity contribution >= 4 is 0 Å². The van der Waals surface area contributed by atoms with E-state index in [9.17, 15) is 0 Å². The van der Waals surface area contributed by atoms with E-state index in [1.165, 1.54) is 0 Å². The molecule has 0 bridgehead atoms. The monoisotopic (exact) mass is 86.0 g/mol. The topological polar surface area (TPSA) is 29.5 Å². The normalized spacial score (nSPS) is 5.67. The molecule has 0 saturated carbocycles. The summed E-state index contributed by atoms with van der Waals surface area (Å²) >= 11 is 0. The Bertz CT molecular complexity index is 67.4. The zero-order valence-electron chi connectivity index (χ0n) is 3.56. The molecule has 0 aliphatic heterocycles. The Kier molecular flexibility index (Phi) is 3.83. The minimum atomic E-state index is -0.319. The Balaban J connectivity index is 2.79. The van der Waals surface area contributed by atoms with Gasteiger partial charge in [-0.15, -0.1) is 0 Å². The molecular formula is C4H6O2. The smallest absolute Gasteiger partial charge is 0.197 e. The molecule has 0 amide bonds. The van der Waals surface area contributed by atoms with E-state index in [-0.39, 0.29) is 6.79 Å². The minimum absolute atomic E-state index is 0.319.